The standard InChI is InChI=1S/C29H39N5O5/c1-17-7-8-23(38-16-22(35)15-30-5)14-24(17)28-31-25(13-21-9-11-34(12-10-21)29(36)37-6)18(2)27(32-28)26-19(3)33-39-20(26)4/h7-8,14,21-22,30,35H,9-13,15-16H2,1-6H3. The number of hydrogen-bond acceptors (Lipinski definition) is 9. The van der Waals surface area contributed by atoms with Gasteiger partial charge in [0.25, 0.3) is 0 Å². The van der Waals surface area contributed by atoms with Crippen LogP contribution >= 0.6 is 0 Å². The molecule has 3 aromatic rings. The second kappa shape index (κ2) is 12.6. The largest absolute Gasteiger partial charge is 0.491 e. The third-order valence-corrected chi connectivity index (χ3v) is 7.38. The lowest BCUT2D eigenvalue weighted by Gasteiger charge is -2.31. The van der Waals surface area contributed by atoms with Crippen LogP contribution in [0.15, 0.2) is 22.7 Å². The highest BCUT2D eigenvalue weighted by Crippen LogP contribution is 2.34. The van der Waals surface area contributed by atoms with Crippen molar-refractivity contribution in [3.05, 3.63) is 46.5 Å². The van der Waals surface area contributed by atoms with Crippen LogP contribution < -0.4 is 10.1 Å². The first-order valence-corrected chi connectivity index (χ1v) is 13.4. The summed E-state index contributed by atoms with van der Waals surface area (Å²) in [6.07, 6.45) is 1.65. The minimum absolute atomic E-state index is 0.179. The Labute approximate surface area is 229 Å². The number of methoxy groups -OCH3 is 1. The minimum Gasteiger partial charge on any atom is -0.491 e. The van der Waals surface area contributed by atoms with Crippen LogP contribution in [0.25, 0.3) is 22.6 Å². The zero-order valence-corrected chi connectivity index (χ0v) is 23.7. The van der Waals surface area contributed by atoms with Crippen LogP contribution in [0.3, 0.4) is 0 Å². The van der Waals surface area contributed by atoms with Crippen molar-refractivity contribution in [3.8, 4) is 28.4 Å². The minimum atomic E-state index is -0.612. The monoisotopic (exact) mass is 537 g/mol. The number of nitrogens with zero attached hydrogens (tertiary/aromatic N) is 4. The predicted molar refractivity (Wildman–Crippen MR) is 148 cm³/mol. The molecule has 10 nitrogen and oxygen atoms in total. The molecule has 0 aliphatic carbocycles. The molecule has 0 bridgehead atoms. The number of aryl methyl sites for hydroxylation is 3. The van der Waals surface area contributed by atoms with Crippen LogP contribution in [0.2, 0.25) is 0 Å². The van der Waals surface area contributed by atoms with Gasteiger partial charge in [-0.1, -0.05) is 11.2 Å². The summed E-state index contributed by atoms with van der Waals surface area (Å²) in [7, 11) is 3.21. The first kappa shape index (κ1) is 28.5. The fourth-order valence-corrected chi connectivity index (χ4v) is 5.09. The van der Waals surface area contributed by atoms with Gasteiger partial charge in [-0.2, -0.15) is 0 Å². The topological polar surface area (TPSA) is 123 Å². The van der Waals surface area contributed by atoms with Gasteiger partial charge >= 0.3 is 6.09 Å². The maximum atomic E-state index is 11.9. The van der Waals surface area contributed by atoms with E-state index in [1.807, 2.05) is 39.0 Å². The molecule has 1 unspecified atom stereocenters. The van der Waals surface area contributed by atoms with Crippen LogP contribution in [-0.4, -0.2) is 77.7 Å². The third-order valence-electron chi connectivity index (χ3n) is 7.38. The van der Waals surface area contributed by atoms with Gasteiger partial charge in [0.05, 0.1) is 24.1 Å². The van der Waals surface area contributed by atoms with Crippen molar-refractivity contribution in [3.63, 3.8) is 0 Å². The molecule has 1 aliphatic rings. The molecule has 1 amide bonds. The normalized spacial score (nSPS) is 14.9. The van der Waals surface area contributed by atoms with Crippen LogP contribution in [0.4, 0.5) is 4.79 Å². The number of aliphatic hydroxyl groups is 1. The Bertz CT molecular complexity index is 1280. The van der Waals surface area contributed by atoms with Crippen molar-refractivity contribution in [2.24, 2.45) is 5.92 Å². The van der Waals surface area contributed by atoms with E-state index in [0.29, 0.717) is 42.9 Å². The average molecular weight is 538 g/mol. The van der Waals surface area contributed by atoms with Gasteiger partial charge in [0.15, 0.2) is 5.82 Å². The predicted octanol–water partition coefficient (Wildman–Crippen LogP) is 4.01. The Kier molecular flexibility index (Phi) is 9.19. The van der Waals surface area contributed by atoms with Crippen LogP contribution in [0.5, 0.6) is 5.75 Å². The van der Waals surface area contributed by atoms with Crippen molar-refractivity contribution >= 4 is 6.09 Å². The maximum Gasteiger partial charge on any atom is 0.409 e. The number of carbonyl (C=O) groups excluding carboxylic acids is 1. The molecule has 210 valence electrons. The molecule has 0 radical (unpaired) electrons. The first-order chi connectivity index (χ1) is 18.7. The second-order valence-electron chi connectivity index (χ2n) is 10.3. The van der Waals surface area contributed by atoms with Crippen molar-refractivity contribution in [1.82, 2.24) is 25.3 Å². The van der Waals surface area contributed by atoms with Crippen LogP contribution in [0.1, 0.15) is 41.1 Å². The number of ether oxygens (including phenoxy) is 2. The summed E-state index contributed by atoms with van der Waals surface area (Å²) in [6, 6.07) is 5.81. The number of likely N-dealkylation sites (tertiary alicyclic amines) is 1. The lowest BCUT2D eigenvalue weighted by Crippen LogP contribution is -2.38. The van der Waals surface area contributed by atoms with Crippen LogP contribution in [-0.2, 0) is 11.2 Å². The molecule has 2 aromatic heterocycles. The lowest BCUT2D eigenvalue weighted by molar-refractivity contribution is 0.106. The van der Waals surface area contributed by atoms with Crippen molar-refractivity contribution in [1.29, 1.82) is 0 Å². The smallest absolute Gasteiger partial charge is 0.409 e. The molecule has 2 N–H and O–H groups in total. The Hall–Kier alpha value is -3.50. The number of carbonyl (C=O) groups is 1. The van der Waals surface area contributed by atoms with E-state index in [9.17, 15) is 9.90 Å². The van der Waals surface area contributed by atoms with Gasteiger partial charge < -0.3 is 29.3 Å². The van der Waals surface area contributed by atoms with E-state index in [4.69, 9.17) is 24.0 Å². The Morgan fingerprint density at radius 1 is 1.21 bits per heavy atom. The molecule has 39 heavy (non-hydrogen) atoms. The number of rotatable bonds is 9. The quantitative estimate of drug-likeness (QED) is 0.417. The number of aromatic nitrogens is 3. The first-order valence-electron chi connectivity index (χ1n) is 13.4. The van der Waals surface area contributed by atoms with E-state index >= 15 is 0 Å². The number of amides is 1. The highest BCUT2D eigenvalue weighted by molar-refractivity contribution is 5.72. The van der Waals surface area contributed by atoms with E-state index in [2.05, 4.69) is 17.4 Å². The maximum absolute atomic E-state index is 11.9. The number of benzene rings is 1. The Morgan fingerprint density at radius 3 is 2.59 bits per heavy atom. The number of aliphatic hydroxyl groups excluding tert-OH is 1. The molecule has 1 fully saturated rings. The van der Waals surface area contributed by atoms with Gasteiger partial charge in [-0.15, -0.1) is 0 Å². The summed E-state index contributed by atoms with van der Waals surface area (Å²) in [5.74, 6) is 2.35. The van der Waals surface area contributed by atoms with Crippen molar-refractivity contribution < 1.29 is 23.9 Å². The molecule has 0 saturated carbocycles. The molecule has 0 spiro atoms. The zero-order valence-electron chi connectivity index (χ0n) is 23.7. The lowest BCUT2D eigenvalue weighted by atomic mass is 9.90. The molecule has 3 heterocycles. The summed E-state index contributed by atoms with van der Waals surface area (Å²) in [4.78, 5) is 23.8. The van der Waals surface area contributed by atoms with Crippen LogP contribution in [0, 0.1) is 33.6 Å². The molecular formula is C29H39N5O5. The van der Waals surface area contributed by atoms with E-state index in [0.717, 1.165) is 58.6 Å². The van der Waals surface area contributed by atoms with Gasteiger partial charge in [-0.3, -0.25) is 0 Å². The molecule has 1 atom stereocenters. The number of piperidine rings is 1. The van der Waals surface area contributed by atoms with Crippen molar-refractivity contribution in [2.45, 2.75) is 53.1 Å². The highest BCUT2D eigenvalue weighted by Gasteiger charge is 2.26. The van der Waals surface area contributed by atoms with Gasteiger partial charge in [0, 0.05) is 30.9 Å². The second-order valence-corrected chi connectivity index (χ2v) is 10.3. The molecule has 10 heteroatoms. The summed E-state index contributed by atoms with van der Waals surface area (Å²) in [6.45, 7) is 9.86. The molecular weight excluding hydrogens is 498 g/mol. The average Bonchev–Trinajstić information content (AvgIpc) is 3.27. The molecule has 1 aliphatic heterocycles. The fraction of sp³-hybridized carbons (Fsp3) is 0.517. The third kappa shape index (κ3) is 6.57. The molecule has 4 rings (SSSR count). The van der Waals surface area contributed by atoms with E-state index in [1.54, 1.807) is 11.9 Å². The molecule has 1 aromatic carbocycles. The number of nitrogens with one attached hydrogen (secondary N) is 1. The summed E-state index contributed by atoms with van der Waals surface area (Å²) >= 11 is 0. The summed E-state index contributed by atoms with van der Waals surface area (Å²) in [5.41, 5.74) is 6.34. The van der Waals surface area contributed by atoms with E-state index in [1.165, 1.54) is 7.11 Å². The van der Waals surface area contributed by atoms with Gasteiger partial charge in [-0.25, -0.2) is 14.8 Å². The highest BCUT2D eigenvalue weighted by atomic mass is 16.5. The van der Waals surface area contributed by atoms with Gasteiger partial charge in [-0.05, 0) is 83.2 Å². The zero-order chi connectivity index (χ0) is 28.1. The van der Waals surface area contributed by atoms with Gasteiger partial charge in [0.2, 0.25) is 0 Å². The Balaban J connectivity index is 1.70. The number of hydrogen-bond donors (Lipinski definition) is 2. The number of likely N-dealkylation sites (N-methyl/N-ethyl adjacent to an activating group) is 1. The summed E-state index contributed by atoms with van der Waals surface area (Å²) < 4.78 is 16.3. The van der Waals surface area contributed by atoms with Crippen molar-refractivity contribution in [2.75, 3.05) is 40.4 Å². The van der Waals surface area contributed by atoms with E-state index in [-0.39, 0.29) is 12.7 Å². The summed E-state index contributed by atoms with van der Waals surface area (Å²) in [5, 5.41) is 17.2. The molecule has 1 saturated heterocycles. The van der Waals surface area contributed by atoms with E-state index < -0.39 is 6.10 Å². The fourth-order valence-electron chi connectivity index (χ4n) is 5.09. The Morgan fingerprint density at radius 2 is 1.95 bits per heavy atom. The van der Waals surface area contributed by atoms with Gasteiger partial charge in [0.1, 0.15) is 24.2 Å². The SMILES string of the molecule is CNCC(O)COc1ccc(C)c(-c2nc(CC3CCN(C(=O)OC)CC3)c(C)c(-c3c(C)noc3C)n2)c1.